The molecule has 1 amide bonds. The molecule has 1 aliphatic heterocycles. The van der Waals surface area contributed by atoms with Gasteiger partial charge in [0.1, 0.15) is 17.5 Å². The maximum Gasteiger partial charge on any atom is 0.244 e. The molecule has 3 aliphatic rings. The van der Waals surface area contributed by atoms with E-state index in [1.807, 2.05) is 4.90 Å². The summed E-state index contributed by atoms with van der Waals surface area (Å²) < 4.78 is 13.1. The van der Waals surface area contributed by atoms with Gasteiger partial charge in [-0.05, 0) is 55.2 Å². The van der Waals surface area contributed by atoms with Gasteiger partial charge in [-0.1, -0.05) is 19.1 Å². The van der Waals surface area contributed by atoms with Crippen LogP contribution in [0.1, 0.15) is 44.3 Å². The fourth-order valence-electron chi connectivity index (χ4n) is 3.50. The summed E-state index contributed by atoms with van der Waals surface area (Å²) in [6, 6.07) is 6.52. The van der Waals surface area contributed by atoms with Crippen LogP contribution >= 0.6 is 0 Å². The van der Waals surface area contributed by atoms with Gasteiger partial charge in [0.25, 0.3) is 0 Å². The second kappa shape index (κ2) is 4.54. The lowest BCUT2D eigenvalue weighted by Gasteiger charge is -2.27. The first-order valence-corrected chi connectivity index (χ1v) is 7.93. The van der Waals surface area contributed by atoms with Crippen LogP contribution in [0, 0.1) is 17.7 Å². The van der Waals surface area contributed by atoms with Crippen LogP contribution < -0.4 is 5.32 Å². The molecule has 2 aliphatic carbocycles. The molecule has 1 aromatic rings. The minimum atomic E-state index is -0.317. The Morgan fingerprint density at radius 1 is 1.33 bits per heavy atom. The lowest BCUT2D eigenvalue weighted by molar-refractivity contribution is -0.131. The predicted molar refractivity (Wildman–Crippen MR) is 77.8 cm³/mol. The summed E-state index contributed by atoms with van der Waals surface area (Å²) >= 11 is 0. The molecule has 1 heterocycles. The van der Waals surface area contributed by atoms with Crippen molar-refractivity contribution in [3.63, 3.8) is 0 Å². The first-order valence-electron chi connectivity index (χ1n) is 7.93. The molecule has 3 nitrogen and oxygen atoms in total. The lowest BCUT2D eigenvalue weighted by Crippen LogP contribution is -2.35. The van der Waals surface area contributed by atoms with E-state index in [4.69, 9.17) is 0 Å². The number of hydrogen-bond acceptors (Lipinski definition) is 2. The Bertz CT molecular complexity index is 563. The predicted octanol–water partition coefficient (Wildman–Crippen LogP) is 2.83. The van der Waals surface area contributed by atoms with Crippen molar-refractivity contribution in [1.82, 2.24) is 10.2 Å². The largest absolute Gasteiger partial charge is 0.321 e. The molecule has 112 valence electrons. The smallest absolute Gasteiger partial charge is 0.244 e. The highest BCUT2D eigenvalue weighted by Crippen LogP contribution is 2.47. The summed E-state index contributed by atoms with van der Waals surface area (Å²) in [7, 11) is 0. The van der Waals surface area contributed by atoms with Crippen molar-refractivity contribution < 1.29 is 9.18 Å². The molecule has 21 heavy (non-hydrogen) atoms. The van der Waals surface area contributed by atoms with Crippen molar-refractivity contribution >= 4 is 5.91 Å². The number of halogens is 1. The average Bonchev–Trinajstić information content (AvgIpc) is 3.36. The Hall–Kier alpha value is -1.42. The zero-order valence-corrected chi connectivity index (χ0v) is 12.3. The van der Waals surface area contributed by atoms with Gasteiger partial charge in [0.2, 0.25) is 5.91 Å². The zero-order chi connectivity index (χ0) is 14.6. The SMILES string of the molecule is CC(CN1C(=O)C2(CC2)NC1c1ccc(F)cc1)C1CC1. The third kappa shape index (κ3) is 2.26. The Balaban J connectivity index is 1.60. The minimum absolute atomic E-state index is 0.0956. The molecule has 1 saturated heterocycles. The molecule has 1 aromatic carbocycles. The number of nitrogens with one attached hydrogen (secondary N) is 1. The summed E-state index contributed by atoms with van der Waals surface area (Å²) in [6.07, 6.45) is 4.35. The number of amides is 1. The standard InChI is InChI=1S/C17H21FN2O/c1-11(12-2-3-12)10-20-15(13-4-6-14(18)7-5-13)19-17(8-9-17)16(20)21/h4-7,11-12,15,19H,2-3,8-10H2,1H3. The number of carbonyl (C=O) groups excluding carboxylic acids is 1. The first-order chi connectivity index (χ1) is 10.1. The van der Waals surface area contributed by atoms with Gasteiger partial charge < -0.3 is 4.90 Å². The third-order valence-corrected chi connectivity index (χ3v) is 5.24. The summed E-state index contributed by atoms with van der Waals surface area (Å²) in [5.41, 5.74) is 0.666. The van der Waals surface area contributed by atoms with Crippen LogP contribution in [0.2, 0.25) is 0 Å². The van der Waals surface area contributed by atoms with Gasteiger partial charge >= 0.3 is 0 Å². The highest BCUT2D eigenvalue weighted by atomic mass is 19.1. The van der Waals surface area contributed by atoms with Crippen LogP contribution in [-0.4, -0.2) is 22.9 Å². The molecule has 4 rings (SSSR count). The maximum absolute atomic E-state index is 13.1. The van der Waals surface area contributed by atoms with Crippen molar-refractivity contribution in [3.8, 4) is 0 Å². The van der Waals surface area contributed by atoms with Crippen molar-refractivity contribution in [1.29, 1.82) is 0 Å². The van der Waals surface area contributed by atoms with E-state index in [1.165, 1.54) is 25.0 Å². The van der Waals surface area contributed by atoms with Crippen molar-refractivity contribution in [2.24, 2.45) is 11.8 Å². The van der Waals surface area contributed by atoms with Gasteiger partial charge in [-0.3, -0.25) is 10.1 Å². The van der Waals surface area contributed by atoms with Crippen molar-refractivity contribution in [2.75, 3.05) is 6.54 Å². The molecule has 2 atom stereocenters. The lowest BCUT2D eigenvalue weighted by atomic mass is 10.0. The molecule has 1 N–H and O–H groups in total. The number of benzene rings is 1. The van der Waals surface area contributed by atoms with Gasteiger partial charge in [-0.15, -0.1) is 0 Å². The molecule has 2 unspecified atom stereocenters. The van der Waals surface area contributed by atoms with Gasteiger partial charge in [-0.25, -0.2) is 4.39 Å². The van der Waals surface area contributed by atoms with Crippen molar-refractivity contribution in [2.45, 2.75) is 44.3 Å². The molecule has 0 aromatic heterocycles. The number of nitrogens with zero attached hydrogens (tertiary/aromatic N) is 1. The van der Waals surface area contributed by atoms with E-state index in [2.05, 4.69) is 12.2 Å². The fraction of sp³-hybridized carbons (Fsp3) is 0.588. The second-order valence-corrected chi connectivity index (χ2v) is 6.95. The zero-order valence-electron chi connectivity index (χ0n) is 12.3. The van der Waals surface area contributed by atoms with Crippen LogP contribution in [0.15, 0.2) is 24.3 Å². The topological polar surface area (TPSA) is 32.3 Å². The van der Waals surface area contributed by atoms with Crippen LogP contribution in [0.25, 0.3) is 0 Å². The monoisotopic (exact) mass is 288 g/mol. The van der Waals surface area contributed by atoms with E-state index in [0.717, 1.165) is 30.9 Å². The third-order valence-electron chi connectivity index (χ3n) is 5.24. The summed E-state index contributed by atoms with van der Waals surface area (Å²) in [4.78, 5) is 14.7. The summed E-state index contributed by atoms with van der Waals surface area (Å²) in [5.74, 6) is 1.33. The average molecular weight is 288 g/mol. The maximum atomic E-state index is 13.1. The molecule has 0 radical (unpaired) electrons. The summed E-state index contributed by atoms with van der Waals surface area (Å²) in [5, 5.41) is 3.50. The number of rotatable bonds is 4. The van der Waals surface area contributed by atoms with Crippen LogP contribution in [0.5, 0.6) is 0 Å². The quantitative estimate of drug-likeness (QED) is 0.924. The molecule has 1 spiro atoms. The van der Waals surface area contributed by atoms with E-state index in [9.17, 15) is 9.18 Å². The Morgan fingerprint density at radius 3 is 2.57 bits per heavy atom. The van der Waals surface area contributed by atoms with Gasteiger partial charge in [0, 0.05) is 6.54 Å². The Labute approximate surface area is 124 Å². The normalized spacial score (nSPS) is 28.2. The van der Waals surface area contributed by atoms with Crippen LogP contribution in [0.3, 0.4) is 0 Å². The molecule has 4 heteroatoms. The molecule has 2 saturated carbocycles. The minimum Gasteiger partial charge on any atom is -0.321 e. The molecular weight excluding hydrogens is 267 g/mol. The van der Waals surface area contributed by atoms with Crippen molar-refractivity contribution in [3.05, 3.63) is 35.6 Å². The van der Waals surface area contributed by atoms with Gasteiger partial charge in [0.05, 0.1) is 0 Å². The van der Waals surface area contributed by atoms with E-state index < -0.39 is 0 Å². The Morgan fingerprint density at radius 2 is 2.00 bits per heavy atom. The molecular formula is C17H21FN2O. The second-order valence-electron chi connectivity index (χ2n) is 6.95. The summed E-state index contributed by atoms with van der Waals surface area (Å²) in [6.45, 7) is 3.05. The van der Waals surface area contributed by atoms with E-state index in [-0.39, 0.29) is 23.4 Å². The highest BCUT2D eigenvalue weighted by Gasteiger charge is 2.59. The molecule has 3 fully saturated rings. The highest BCUT2D eigenvalue weighted by molar-refractivity contribution is 5.92. The first kappa shape index (κ1) is 13.3. The van der Waals surface area contributed by atoms with Gasteiger partial charge in [-0.2, -0.15) is 0 Å². The number of carbonyl (C=O) groups is 1. The van der Waals surface area contributed by atoms with Crippen LogP contribution in [-0.2, 0) is 4.79 Å². The van der Waals surface area contributed by atoms with Crippen LogP contribution in [0.4, 0.5) is 4.39 Å². The number of hydrogen-bond donors (Lipinski definition) is 1. The fourth-order valence-corrected chi connectivity index (χ4v) is 3.50. The molecule has 0 bridgehead atoms. The van der Waals surface area contributed by atoms with Gasteiger partial charge in [0.15, 0.2) is 0 Å². The Kier molecular flexibility index (Phi) is 2.86. The van der Waals surface area contributed by atoms with E-state index in [0.29, 0.717) is 5.92 Å². The van der Waals surface area contributed by atoms with E-state index >= 15 is 0 Å². The van der Waals surface area contributed by atoms with E-state index in [1.54, 1.807) is 12.1 Å².